The molecule has 1 fully saturated rings. The van der Waals surface area contributed by atoms with E-state index in [1.807, 2.05) is 17.0 Å². The van der Waals surface area contributed by atoms with E-state index < -0.39 is 0 Å². The van der Waals surface area contributed by atoms with Gasteiger partial charge in [-0.2, -0.15) is 5.10 Å². The van der Waals surface area contributed by atoms with Crippen molar-refractivity contribution < 1.29 is 9.53 Å². The zero-order chi connectivity index (χ0) is 15.4. The second kappa shape index (κ2) is 6.70. The first kappa shape index (κ1) is 14.7. The van der Waals surface area contributed by atoms with E-state index in [4.69, 9.17) is 4.74 Å². The van der Waals surface area contributed by atoms with Gasteiger partial charge in [0.25, 0.3) is 5.91 Å². The third-order valence-corrected chi connectivity index (χ3v) is 3.95. The van der Waals surface area contributed by atoms with Crippen LogP contribution >= 0.6 is 0 Å². The van der Waals surface area contributed by atoms with E-state index in [-0.39, 0.29) is 11.9 Å². The molecule has 6 heteroatoms. The first-order valence-corrected chi connectivity index (χ1v) is 7.53. The smallest absolute Gasteiger partial charge is 0.291 e. The zero-order valence-corrected chi connectivity index (χ0v) is 12.7. The van der Waals surface area contributed by atoms with E-state index in [1.165, 1.54) is 11.9 Å². The van der Waals surface area contributed by atoms with Crippen molar-refractivity contribution in [3.8, 4) is 0 Å². The highest BCUT2D eigenvalue weighted by molar-refractivity contribution is 5.90. The van der Waals surface area contributed by atoms with Gasteiger partial charge >= 0.3 is 0 Å². The van der Waals surface area contributed by atoms with Crippen LogP contribution in [0.25, 0.3) is 0 Å². The summed E-state index contributed by atoms with van der Waals surface area (Å²) in [5.41, 5.74) is 2.32. The van der Waals surface area contributed by atoms with Gasteiger partial charge in [-0.25, -0.2) is 4.98 Å². The predicted molar refractivity (Wildman–Crippen MR) is 81.3 cm³/mol. The Hall–Kier alpha value is -2.21. The molecule has 1 N–H and O–H groups in total. The van der Waals surface area contributed by atoms with Crippen LogP contribution in [0.1, 0.15) is 34.6 Å². The highest BCUT2D eigenvalue weighted by atomic mass is 16.5. The maximum atomic E-state index is 12.7. The highest BCUT2D eigenvalue weighted by Gasteiger charge is 2.28. The van der Waals surface area contributed by atoms with E-state index >= 15 is 0 Å². The number of rotatable bonds is 4. The molecule has 0 unspecified atom stereocenters. The number of carbonyl (C=O) groups is 1. The van der Waals surface area contributed by atoms with Crippen LogP contribution in [0, 0.1) is 6.92 Å². The third kappa shape index (κ3) is 3.33. The van der Waals surface area contributed by atoms with Gasteiger partial charge in [0.2, 0.25) is 5.82 Å². The number of hydrogen-bond acceptors (Lipinski definition) is 4. The van der Waals surface area contributed by atoms with Crippen molar-refractivity contribution in [1.29, 1.82) is 0 Å². The minimum Gasteiger partial charge on any atom is -0.381 e. The van der Waals surface area contributed by atoms with Gasteiger partial charge in [0.15, 0.2) is 0 Å². The molecule has 0 atom stereocenters. The van der Waals surface area contributed by atoms with Crippen molar-refractivity contribution in [2.24, 2.45) is 0 Å². The molecule has 1 amide bonds. The normalized spacial score (nSPS) is 15.7. The molecule has 0 spiro atoms. The topological polar surface area (TPSA) is 71.1 Å². The van der Waals surface area contributed by atoms with Crippen LogP contribution in [0.2, 0.25) is 0 Å². The lowest BCUT2D eigenvalue weighted by Gasteiger charge is -2.34. The van der Waals surface area contributed by atoms with Gasteiger partial charge in [0, 0.05) is 25.8 Å². The number of carbonyl (C=O) groups excluding carboxylic acids is 1. The van der Waals surface area contributed by atoms with Gasteiger partial charge in [-0.05, 0) is 25.3 Å². The maximum absolute atomic E-state index is 12.7. The maximum Gasteiger partial charge on any atom is 0.291 e. The van der Waals surface area contributed by atoms with Crippen LogP contribution < -0.4 is 0 Å². The van der Waals surface area contributed by atoms with Crippen molar-refractivity contribution >= 4 is 5.91 Å². The average molecular weight is 300 g/mol. The van der Waals surface area contributed by atoms with Gasteiger partial charge in [0.05, 0.1) is 0 Å². The molecule has 0 radical (unpaired) electrons. The molecule has 1 aromatic heterocycles. The molecule has 3 rings (SSSR count). The van der Waals surface area contributed by atoms with Crippen LogP contribution in [0.15, 0.2) is 30.6 Å². The standard InChI is InChI=1S/C16H20N4O2/c1-12-3-2-4-13(9-12)10-20(14-5-7-22-8-6-14)16(21)15-17-11-18-19-15/h2-4,9,11,14H,5-8,10H2,1H3,(H,17,18,19). The lowest BCUT2D eigenvalue weighted by molar-refractivity contribution is 0.0260. The fourth-order valence-electron chi connectivity index (χ4n) is 2.82. The molecule has 2 aromatic rings. The fourth-order valence-corrected chi connectivity index (χ4v) is 2.82. The fraction of sp³-hybridized carbons (Fsp3) is 0.438. The predicted octanol–water partition coefficient (Wildman–Crippen LogP) is 1.93. The second-order valence-corrected chi connectivity index (χ2v) is 5.60. The summed E-state index contributed by atoms with van der Waals surface area (Å²) in [6, 6.07) is 8.41. The highest BCUT2D eigenvalue weighted by Crippen LogP contribution is 2.19. The third-order valence-electron chi connectivity index (χ3n) is 3.95. The van der Waals surface area contributed by atoms with Crippen molar-refractivity contribution in [2.45, 2.75) is 32.4 Å². The molecule has 2 heterocycles. The average Bonchev–Trinajstić information content (AvgIpc) is 3.07. The first-order chi connectivity index (χ1) is 10.7. The van der Waals surface area contributed by atoms with Gasteiger partial charge in [-0.15, -0.1) is 0 Å². The van der Waals surface area contributed by atoms with E-state index in [2.05, 4.69) is 34.2 Å². The molecular weight excluding hydrogens is 280 g/mol. The van der Waals surface area contributed by atoms with Crippen LogP contribution in [-0.2, 0) is 11.3 Å². The molecule has 22 heavy (non-hydrogen) atoms. The van der Waals surface area contributed by atoms with Crippen LogP contribution in [0.3, 0.4) is 0 Å². The number of aromatic amines is 1. The largest absolute Gasteiger partial charge is 0.381 e. The summed E-state index contributed by atoms with van der Waals surface area (Å²) >= 11 is 0. The van der Waals surface area contributed by atoms with Crippen molar-refractivity contribution in [3.63, 3.8) is 0 Å². The summed E-state index contributed by atoms with van der Waals surface area (Å²) in [4.78, 5) is 18.6. The molecule has 1 aliphatic rings. The molecule has 1 aromatic carbocycles. The number of amides is 1. The number of hydrogen-bond donors (Lipinski definition) is 1. The minimum absolute atomic E-state index is 0.106. The number of nitrogens with one attached hydrogen (secondary N) is 1. The number of aryl methyl sites for hydroxylation is 1. The number of aromatic nitrogens is 3. The minimum atomic E-state index is -0.106. The first-order valence-electron chi connectivity index (χ1n) is 7.53. The Morgan fingerprint density at radius 1 is 1.41 bits per heavy atom. The molecule has 116 valence electrons. The molecule has 6 nitrogen and oxygen atoms in total. The van der Waals surface area contributed by atoms with Gasteiger partial charge in [-0.3, -0.25) is 9.89 Å². The lowest BCUT2D eigenvalue weighted by atomic mass is 10.0. The van der Waals surface area contributed by atoms with E-state index in [9.17, 15) is 4.79 Å². The lowest BCUT2D eigenvalue weighted by Crippen LogP contribution is -2.43. The molecule has 0 bridgehead atoms. The monoisotopic (exact) mass is 300 g/mol. The molecular formula is C16H20N4O2. The van der Waals surface area contributed by atoms with E-state index in [1.54, 1.807) is 0 Å². The van der Waals surface area contributed by atoms with Crippen molar-refractivity contribution in [3.05, 3.63) is 47.5 Å². The Morgan fingerprint density at radius 2 is 2.23 bits per heavy atom. The summed E-state index contributed by atoms with van der Waals surface area (Å²) in [6.45, 7) is 4.02. The Morgan fingerprint density at radius 3 is 2.91 bits per heavy atom. The van der Waals surface area contributed by atoms with Gasteiger partial charge in [-0.1, -0.05) is 29.8 Å². The summed E-state index contributed by atoms with van der Waals surface area (Å²) < 4.78 is 5.42. The summed E-state index contributed by atoms with van der Waals surface area (Å²) in [6.07, 6.45) is 3.07. The second-order valence-electron chi connectivity index (χ2n) is 5.60. The van der Waals surface area contributed by atoms with Gasteiger partial charge < -0.3 is 9.64 Å². The zero-order valence-electron chi connectivity index (χ0n) is 12.7. The summed E-state index contributed by atoms with van der Waals surface area (Å²) in [5.74, 6) is 0.185. The molecule has 0 aliphatic carbocycles. The SMILES string of the molecule is Cc1cccc(CN(C(=O)c2ncn[nH]2)C2CCOCC2)c1. The number of nitrogens with zero attached hydrogens (tertiary/aromatic N) is 3. The van der Waals surface area contributed by atoms with Crippen molar-refractivity contribution in [1.82, 2.24) is 20.1 Å². The van der Waals surface area contributed by atoms with Crippen molar-refractivity contribution in [2.75, 3.05) is 13.2 Å². The summed E-state index contributed by atoms with van der Waals surface area (Å²) in [5, 5.41) is 6.45. The number of benzene rings is 1. The number of ether oxygens (including phenoxy) is 1. The van der Waals surface area contributed by atoms with Gasteiger partial charge in [0.1, 0.15) is 6.33 Å². The number of H-pyrrole nitrogens is 1. The molecule has 0 saturated carbocycles. The quantitative estimate of drug-likeness (QED) is 0.936. The van der Waals surface area contributed by atoms with Crippen LogP contribution in [0.5, 0.6) is 0 Å². The Labute approximate surface area is 129 Å². The van der Waals surface area contributed by atoms with E-state index in [0.29, 0.717) is 25.6 Å². The Balaban J connectivity index is 1.83. The van der Waals surface area contributed by atoms with Crippen LogP contribution in [0.4, 0.5) is 0 Å². The van der Waals surface area contributed by atoms with Crippen LogP contribution in [-0.4, -0.2) is 45.2 Å². The Kier molecular flexibility index (Phi) is 4.48. The molecule has 1 aliphatic heterocycles. The summed E-state index contributed by atoms with van der Waals surface area (Å²) in [7, 11) is 0. The Bertz CT molecular complexity index is 621. The molecule has 1 saturated heterocycles. The van der Waals surface area contributed by atoms with E-state index in [0.717, 1.165) is 18.4 Å².